The predicted molar refractivity (Wildman–Crippen MR) is 103 cm³/mol. The number of rotatable bonds is 6. The number of esters is 1. The highest BCUT2D eigenvalue weighted by Crippen LogP contribution is 2.42. The number of fused-ring (bicyclic) bond motifs is 2. The van der Waals surface area contributed by atoms with E-state index in [1.165, 1.54) is 26.7 Å². The number of furan rings is 1. The second-order valence-electron chi connectivity index (χ2n) is 7.23. The largest absolute Gasteiger partial charge is 0.495 e. The van der Waals surface area contributed by atoms with Gasteiger partial charge in [-0.1, -0.05) is 12.1 Å². The van der Waals surface area contributed by atoms with Crippen LogP contribution in [-0.2, 0) is 20.5 Å². The van der Waals surface area contributed by atoms with Crippen LogP contribution in [-0.4, -0.2) is 45.0 Å². The van der Waals surface area contributed by atoms with E-state index < -0.39 is 16.0 Å². The Morgan fingerprint density at radius 3 is 2.36 bits per heavy atom. The van der Waals surface area contributed by atoms with Gasteiger partial charge in [-0.25, -0.2) is 13.2 Å². The van der Waals surface area contributed by atoms with Crippen molar-refractivity contribution in [2.45, 2.75) is 43.5 Å². The van der Waals surface area contributed by atoms with Gasteiger partial charge in [0.2, 0.25) is 10.0 Å². The molecular formula is C20H23NO6S. The molecule has 1 aromatic heterocycles. The van der Waals surface area contributed by atoms with Crippen molar-refractivity contribution in [3.8, 4) is 16.9 Å². The third kappa shape index (κ3) is 3.10. The summed E-state index contributed by atoms with van der Waals surface area (Å²) in [6, 6.07) is 5.33. The average Bonchev–Trinajstić information content (AvgIpc) is 3.43. The van der Waals surface area contributed by atoms with Crippen LogP contribution in [0.3, 0.4) is 0 Å². The second-order valence-corrected chi connectivity index (χ2v) is 9.11. The maximum atomic E-state index is 13.2. The molecule has 2 fully saturated rings. The fraction of sp³-hybridized carbons (Fsp3) is 0.450. The average molecular weight is 405 g/mol. The molecule has 0 spiro atoms. The van der Waals surface area contributed by atoms with E-state index in [0.717, 1.165) is 31.2 Å². The van der Waals surface area contributed by atoms with Crippen molar-refractivity contribution in [3.05, 3.63) is 41.9 Å². The van der Waals surface area contributed by atoms with Gasteiger partial charge in [0.25, 0.3) is 0 Å². The molecule has 4 rings (SSSR count). The molecule has 0 atom stereocenters. The van der Waals surface area contributed by atoms with Crippen LogP contribution in [0.5, 0.6) is 5.75 Å². The van der Waals surface area contributed by atoms with Crippen LogP contribution < -0.4 is 4.74 Å². The third-order valence-electron chi connectivity index (χ3n) is 5.71. The zero-order valence-electron chi connectivity index (χ0n) is 15.9. The first-order valence-corrected chi connectivity index (χ1v) is 10.9. The highest BCUT2D eigenvalue weighted by atomic mass is 32.2. The predicted octanol–water partition coefficient (Wildman–Crippen LogP) is 3.20. The van der Waals surface area contributed by atoms with Crippen molar-refractivity contribution in [1.29, 1.82) is 0 Å². The SMILES string of the molecule is COC(=O)c1c(CS(=O)(=O)N2C3CCC2CC3)ccc(-c2ccoc2)c1OC. The molecular weight excluding hydrogens is 382 g/mol. The van der Waals surface area contributed by atoms with Crippen molar-refractivity contribution >= 4 is 16.0 Å². The van der Waals surface area contributed by atoms with Crippen LogP contribution in [0.1, 0.15) is 41.6 Å². The molecule has 8 heteroatoms. The quantitative estimate of drug-likeness (QED) is 0.686. The van der Waals surface area contributed by atoms with Gasteiger partial charge in [-0.3, -0.25) is 0 Å². The highest BCUT2D eigenvalue weighted by Gasteiger charge is 2.46. The first-order valence-electron chi connectivity index (χ1n) is 9.28. The Kier molecular flexibility index (Phi) is 4.93. The molecule has 2 aliphatic rings. The van der Waals surface area contributed by atoms with Crippen molar-refractivity contribution < 1.29 is 27.1 Å². The first-order chi connectivity index (χ1) is 13.5. The van der Waals surface area contributed by atoms with Crippen LogP contribution >= 0.6 is 0 Å². The van der Waals surface area contributed by atoms with Crippen molar-refractivity contribution in [2.75, 3.05) is 14.2 Å². The third-order valence-corrected chi connectivity index (χ3v) is 7.63. The molecule has 0 unspecified atom stereocenters. The smallest absolute Gasteiger partial charge is 0.341 e. The summed E-state index contributed by atoms with van der Waals surface area (Å²) in [5.41, 5.74) is 1.88. The van der Waals surface area contributed by atoms with Gasteiger partial charge in [-0.05, 0) is 37.3 Å². The van der Waals surface area contributed by atoms with Gasteiger partial charge in [0.05, 0.1) is 32.5 Å². The van der Waals surface area contributed by atoms with Crippen LogP contribution in [0.2, 0.25) is 0 Å². The van der Waals surface area contributed by atoms with Crippen molar-refractivity contribution in [3.63, 3.8) is 0 Å². The minimum Gasteiger partial charge on any atom is -0.495 e. The molecule has 1 aromatic carbocycles. The molecule has 0 aliphatic carbocycles. The van der Waals surface area contributed by atoms with Gasteiger partial charge in [-0.2, -0.15) is 4.31 Å². The summed E-state index contributed by atoms with van der Waals surface area (Å²) in [4.78, 5) is 12.5. The van der Waals surface area contributed by atoms with Gasteiger partial charge >= 0.3 is 5.97 Å². The second kappa shape index (κ2) is 7.25. The zero-order valence-corrected chi connectivity index (χ0v) is 16.7. The minimum atomic E-state index is -3.55. The Morgan fingerprint density at radius 1 is 1.14 bits per heavy atom. The minimum absolute atomic E-state index is 0.0867. The van der Waals surface area contributed by atoms with Crippen LogP contribution in [0.25, 0.3) is 11.1 Å². The van der Waals surface area contributed by atoms with Gasteiger partial charge < -0.3 is 13.9 Å². The number of nitrogens with zero attached hydrogens (tertiary/aromatic N) is 1. The number of sulfonamides is 1. The molecule has 0 saturated carbocycles. The van der Waals surface area contributed by atoms with E-state index in [1.807, 2.05) is 0 Å². The van der Waals surface area contributed by atoms with Crippen LogP contribution in [0, 0.1) is 0 Å². The molecule has 28 heavy (non-hydrogen) atoms. The fourth-order valence-electron chi connectivity index (χ4n) is 4.52. The van der Waals surface area contributed by atoms with E-state index in [2.05, 4.69) is 0 Å². The number of benzene rings is 1. The number of ether oxygens (including phenoxy) is 2. The number of hydrogen-bond acceptors (Lipinski definition) is 6. The molecule has 0 N–H and O–H groups in total. The van der Waals surface area contributed by atoms with E-state index >= 15 is 0 Å². The topological polar surface area (TPSA) is 86.1 Å². The molecule has 7 nitrogen and oxygen atoms in total. The first kappa shape index (κ1) is 19.0. The van der Waals surface area contributed by atoms with Crippen LogP contribution in [0.4, 0.5) is 0 Å². The number of hydrogen-bond donors (Lipinski definition) is 0. The van der Waals surface area contributed by atoms with E-state index in [-0.39, 0.29) is 29.1 Å². The maximum absolute atomic E-state index is 13.2. The maximum Gasteiger partial charge on any atom is 0.341 e. The van der Waals surface area contributed by atoms with Gasteiger partial charge in [0.15, 0.2) is 0 Å². The monoisotopic (exact) mass is 405 g/mol. The van der Waals surface area contributed by atoms with Crippen LogP contribution in [0.15, 0.2) is 35.1 Å². The van der Waals surface area contributed by atoms with Crippen molar-refractivity contribution in [2.24, 2.45) is 0 Å². The summed E-state index contributed by atoms with van der Waals surface area (Å²) < 4.78 is 43.5. The molecule has 2 bridgehead atoms. The Labute approximate surface area is 164 Å². The molecule has 2 aliphatic heterocycles. The molecule has 150 valence electrons. The number of methoxy groups -OCH3 is 2. The van der Waals surface area contributed by atoms with E-state index in [1.54, 1.807) is 22.5 Å². The fourth-order valence-corrected chi connectivity index (χ4v) is 6.63. The molecule has 2 saturated heterocycles. The summed E-state index contributed by atoms with van der Waals surface area (Å²) in [6.07, 6.45) is 6.71. The Bertz CT molecular complexity index is 962. The highest BCUT2D eigenvalue weighted by molar-refractivity contribution is 7.88. The number of carbonyl (C=O) groups excluding carboxylic acids is 1. The molecule has 2 aromatic rings. The lowest BCUT2D eigenvalue weighted by atomic mass is 9.99. The summed E-state index contributed by atoms with van der Waals surface area (Å²) in [7, 11) is -0.835. The standard InChI is InChI=1S/C20H23NO6S/c1-25-19-17(13-9-10-27-11-13)8-3-14(18(19)20(22)26-2)12-28(23,24)21-15-4-5-16(21)7-6-15/h3,8-11,15-16H,4-7,12H2,1-2H3. The van der Waals surface area contributed by atoms with Gasteiger partial charge in [-0.15, -0.1) is 0 Å². The van der Waals surface area contributed by atoms with Gasteiger partial charge in [0, 0.05) is 23.2 Å². The van der Waals surface area contributed by atoms with E-state index in [4.69, 9.17) is 13.9 Å². The number of carbonyl (C=O) groups is 1. The lowest BCUT2D eigenvalue weighted by Crippen LogP contribution is -2.36. The lowest BCUT2D eigenvalue weighted by molar-refractivity contribution is 0.0596. The summed E-state index contributed by atoms with van der Waals surface area (Å²) in [6.45, 7) is 0. The summed E-state index contributed by atoms with van der Waals surface area (Å²) in [5, 5.41) is 0. The summed E-state index contributed by atoms with van der Waals surface area (Å²) >= 11 is 0. The summed E-state index contributed by atoms with van der Waals surface area (Å²) in [5.74, 6) is -0.603. The Balaban J connectivity index is 1.77. The molecule has 3 heterocycles. The zero-order chi connectivity index (χ0) is 19.9. The Morgan fingerprint density at radius 2 is 1.82 bits per heavy atom. The van der Waals surface area contributed by atoms with E-state index in [9.17, 15) is 13.2 Å². The van der Waals surface area contributed by atoms with Gasteiger partial charge in [0.1, 0.15) is 11.3 Å². The van der Waals surface area contributed by atoms with Crippen molar-refractivity contribution in [1.82, 2.24) is 4.31 Å². The Hall–Kier alpha value is -2.32. The lowest BCUT2D eigenvalue weighted by Gasteiger charge is -2.23. The molecule has 0 amide bonds. The normalized spacial score (nSPS) is 21.8. The molecule has 0 radical (unpaired) electrons. The van der Waals surface area contributed by atoms with E-state index in [0.29, 0.717) is 11.1 Å².